The minimum atomic E-state index is 0.272. The smallest absolute Gasteiger partial charge is 0.145 e. The first-order valence-corrected chi connectivity index (χ1v) is 8.28. The molecule has 0 spiro atoms. The minimum absolute atomic E-state index is 0.272. The maximum absolute atomic E-state index is 8.97. The van der Waals surface area contributed by atoms with Crippen LogP contribution in [0.1, 0.15) is 31.5 Å². The highest BCUT2D eigenvalue weighted by molar-refractivity contribution is 7.16. The van der Waals surface area contributed by atoms with Crippen LogP contribution in [0.2, 0.25) is 5.15 Å². The lowest BCUT2D eigenvalue weighted by atomic mass is 10.1. The molecule has 0 aromatic carbocycles. The average Bonchev–Trinajstić information content (AvgIpc) is 3.05. The summed E-state index contributed by atoms with van der Waals surface area (Å²) in [5, 5.41) is 12.5. The number of aromatic nitrogens is 2. The highest BCUT2D eigenvalue weighted by Crippen LogP contribution is 2.27. The largest absolute Gasteiger partial charge is 0.396 e. The Morgan fingerprint density at radius 2 is 2.35 bits per heavy atom. The van der Waals surface area contributed by atoms with Crippen LogP contribution in [0, 0.1) is 0 Å². The van der Waals surface area contributed by atoms with Crippen LogP contribution in [0.3, 0.4) is 0 Å². The maximum atomic E-state index is 8.97. The quantitative estimate of drug-likeness (QED) is 0.862. The molecule has 1 fully saturated rings. The molecule has 20 heavy (non-hydrogen) atoms. The summed E-state index contributed by atoms with van der Waals surface area (Å²) >= 11 is 7.81. The van der Waals surface area contributed by atoms with Gasteiger partial charge < -0.3 is 5.11 Å². The molecular formula is C14H18ClN3OS. The number of hydrogen-bond donors (Lipinski definition) is 1. The number of nitrogens with zero attached hydrogens (tertiary/aromatic N) is 3. The maximum Gasteiger partial charge on any atom is 0.145 e. The van der Waals surface area contributed by atoms with Crippen LogP contribution in [-0.2, 0) is 6.54 Å². The fourth-order valence-electron chi connectivity index (χ4n) is 2.87. The van der Waals surface area contributed by atoms with E-state index in [1.165, 1.54) is 12.8 Å². The molecule has 2 aromatic rings. The Bertz CT molecular complexity index is 589. The Labute approximate surface area is 127 Å². The van der Waals surface area contributed by atoms with Gasteiger partial charge in [0, 0.05) is 18.0 Å². The van der Waals surface area contributed by atoms with Gasteiger partial charge in [0.15, 0.2) is 0 Å². The summed E-state index contributed by atoms with van der Waals surface area (Å²) in [5.41, 5.74) is 0. The zero-order valence-corrected chi connectivity index (χ0v) is 12.8. The fourth-order valence-corrected chi connectivity index (χ4v) is 3.96. The van der Waals surface area contributed by atoms with Gasteiger partial charge in [-0.3, -0.25) is 4.90 Å². The molecule has 3 heterocycles. The van der Waals surface area contributed by atoms with Gasteiger partial charge in [-0.2, -0.15) is 0 Å². The Hall–Kier alpha value is -0.750. The van der Waals surface area contributed by atoms with E-state index in [2.05, 4.69) is 14.9 Å². The summed E-state index contributed by atoms with van der Waals surface area (Å²) in [7, 11) is 0. The molecule has 1 aliphatic rings. The second-order valence-electron chi connectivity index (χ2n) is 5.20. The molecule has 2 aromatic heterocycles. The van der Waals surface area contributed by atoms with E-state index in [1.54, 1.807) is 11.3 Å². The predicted molar refractivity (Wildman–Crippen MR) is 82.2 cm³/mol. The van der Waals surface area contributed by atoms with Crippen molar-refractivity contribution in [2.75, 3.05) is 13.2 Å². The molecule has 3 rings (SSSR count). The molecule has 1 N–H and O–H groups in total. The summed E-state index contributed by atoms with van der Waals surface area (Å²) in [6.45, 7) is 2.11. The third-order valence-electron chi connectivity index (χ3n) is 3.86. The lowest BCUT2D eigenvalue weighted by molar-refractivity contribution is 0.206. The van der Waals surface area contributed by atoms with Gasteiger partial charge in [-0.25, -0.2) is 9.97 Å². The van der Waals surface area contributed by atoms with E-state index in [1.807, 2.05) is 11.4 Å². The van der Waals surface area contributed by atoms with Gasteiger partial charge in [-0.15, -0.1) is 11.3 Å². The van der Waals surface area contributed by atoms with Crippen molar-refractivity contribution in [2.45, 2.75) is 38.3 Å². The number of fused-ring (bicyclic) bond motifs is 1. The number of aliphatic hydroxyl groups is 1. The molecule has 0 amide bonds. The van der Waals surface area contributed by atoms with Gasteiger partial charge in [0.1, 0.15) is 15.8 Å². The van der Waals surface area contributed by atoms with Crippen molar-refractivity contribution < 1.29 is 5.11 Å². The Morgan fingerprint density at radius 1 is 1.45 bits per heavy atom. The van der Waals surface area contributed by atoms with Crippen molar-refractivity contribution in [1.29, 1.82) is 0 Å². The Balaban J connectivity index is 1.74. The van der Waals surface area contributed by atoms with Gasteiger partial charge in [0.05, 0.1) is 6.54 Å². The fraction of sp³-hybridized carbons (Fsp3) is 0.571. The monoisotopic (exact) mass is 311 g/mol. The van der Waals surface area contributed by atoms with E-state index in [-0.39, 0.29) is 6.61 Å². The molecule has 0 radical (unpaired) electrons. The zero-order valence-electron chi connectivity index (χ0n) is 11.3. The molecule has 0 saturated carbocycles. The van der Waals surface area contributed by atoms with E-state index in [0.717, 1.165) is 42.0 Å². The topological polar surface area (TPSA) is 49.2 Å². The van der Waals surface area contributed by atoms with E-state index in [4.69, 9.17) is 16.7 Å². The van der Waals surface area contributed by atoms with Gasteiger partial charge in [-0.1, -0.05) is 11.6 Å². The van der Waals surface area contributed by atoms with Crippen molar-refractivity contribution in [3.63, 3.8) is 0 Å². The molecule has 0 bridgehead atoms. The number of likely N-dealkylation sites (tertiary alicyclic amines) is 1. The van der Waals surface area contributed by atoms with Crippen LogP contribution in [0.5, 0.6) is 0 Å². The molecular weight excluding hydrogens is 294 g/mol. The van der Waals surface area contributed by atoms with Crippen LogP contribution in [0.25, 0.3) is 10.2 Å². The molecule has 108 valence electrons. The number of hydrogen-bond acceptors (Lipinski definition) is 5. The average molecular weight is 312 g/mol. The molecule has 1 aliphatic heterocycles. The number of halogens is 1. The standard InChI is InChI=1S/C14H18ClN3OS/c15-13-11-5-8-20-14(11)17-12(16-13)9-18-6-1-3-10(18)4-2-7-19/h5,8,10,19H,1-4,6-7,9H2. The van der Waals surface area contributed by atoms with Gasteiger partial charge in [-0.05, 0) is 43.7 Å². The Morgan fingerprint density at radius 3 is 3.20 bits per heavy atom. The van der Waals surface area contributed by atoms with Crippen LogP contribution in [-0.4, -0.2) is 39.2 Å². The van der Waals surface area contributed by atoms with Crippen LogP contribution in [0.4, 0.5) is 0 Å². The van der Waals surface area contributed by atoms with Crippen LogP contribution >= 0.6 is 22.9 Å². The molecule has 6 heteroatoms. The minimum Gasteiger partial charge on any atom is -0.396 e. The summed E-state index contributed by atoms with van der Waals surface area (Å²) in [4.78, 5) is 12.4. The van der Waals surface area contributed by atoms with Crippen molar-refractivity contribution in [1.82, 2.24) is 14.9 Å². The molecule has 0 aliphatic carbocycles. The molecule has 1 atom stereocenters. The van der Waals surface area contributed by atoms with Crippen molar-refractivity contribution >= 4 is 33.2 Å². The van der Waals surface area contributed by atoms with Gasteiger partial charge >= 0.3 is 0 Å². The lowest BCUT2D eigenvalue weighted by Crippen LogP contribution is -2.29. The third-order valence-corrected chi connectivity index (χ3v) is 4.96. The van der Waals surface area contributed by atoms with Gasteiger partial charge in [0.2, 0.25) is 0 Å². The second-order valence-corrected chi connectivity index (χ2v) is 6.46. The van der Waals surface area contributed by atoms with Gasteiger partial charge in [0.25, 0.3) is 0 Å². The summed E-state index contributed by atoms with van der Waals surface area (Å²) < 4.78 is 0. The first-order valence-electron chi connectivity index (χ1n) is 7.02. The SMILES string of the molecule is OCCCC1CCCN1Cc1nc(Cl)c2ccsc2n1. The van der Waals surface area contributed by atoms with E-state index in [9.17, 15) is 0 Å². The summed E-state index contributed by atoms with van der Waals surface area (Å²) in [6.07, 6.45) is 4.33. The van der Waals surface area contributed by atoms with Crippen LogP contribution in [0.15, 0.2) is 11.4 Å². The number of aliphatic hydroxyl groups excluding tert-OH is 1. The van der Waals surface area contributed by atoms with E-state index in [0.29, 0.717) is 11.2 Å². The lowest BCUT2D eigenvalue weighted by Gasteiger charge is -2.23. The first kappa shape index (κ1) is 14.2. The third kappa shape index (κ3) is 2.96. The number of rotatable bonds is 5. The summed E-state index contributed by atoms with van der Waals surface area (Å²) in [6, 6.07) is 2.51. The highest BCUT2D eigenvalue weighted by Gasteiger charge is 2.25. The normalized spacial score (nSPS) is 20.0. The Kier molecular flexibility index (Phi) is 4.51. The van der Waals surface area contributed by atoms with Crippen molar-refractivity contribution in [3.05, 3.63) is 22.4 Å². The molecule has 1 unspecified atom stereocenters. The molecule has 4 nitrogen and oxygen atoms in total. The first-order chi connectivity index (χ1) is 9.78. The zero-order chi connectivity index (χ0) is 13.9. The summed E-state index contributed by atoms with van der Waals surface area (Å²) in [5.74, 6) is 0.806. The predicted octanol–water partition coefficient (Wildman–Crippen LogP) is 3.08. The van der Waals surface area contributed by atoms with Crippen molar-refractivity contribution in [2.24, 2.45) is 0 Å². The highest BCUT2D eigenvalue weighted by atomic mass is 35.5. The van der Waals surface area contributed by atoms with Crippen molar-refractivity contribution in [3.8, 4) is 0 Å². The molecule has 1 saturated heterocycles. The second kappa shape index (κ2) is 6.35. The number of thiophene rings is 1. The van der Waals surface area contributed by atoms with Crippen LogP contribution < -0.4 is 0 Å². The van der Waals surface area contributed by atoms with E-state index >= 15 is 0 Å². The van der Waals surface area contributed by atoms with E-state index < -0.39 is 0 Å².